The Bertz CT molecular complexity index is 527. The van der Waals surface area contributed by atoms with Crippen molar-refractivity contribution in [2.24, 2.45) is 0 Å². The molecule has 0 aliphatic carbocycles. The van der Waals surface area contributed by atoms with E-state index in [2.05, 4.69) is 11.1 Å². The van der Waals surface area contributed by atoms with E-state index in [0.717, 1.165) is 16.8 Å². The van der Waals surface area contributed by atoms with Gasteiger partial charge in [0.05, 0.1) is 23.9 Å². The van der Waals surface area contributed by atoms with Crippen LogP contribution >= 0.6 is 0 Å². The third-order valence-electron chi connectivity index (χ3n) is 2.40. The maximum Gasteiger partial charge on any atom is 0.0934 e. The van der Waals surface area contributed by atoms with Crippen LogP contribution in [0, 0.1) is 11.3 Å². The number of aromatic nitrogens is 1. The second-order valence-corrected chi connectivity index (χ2v) is 3.43. The van der Waals surface area contributed by atoms with Crippen LogP contribution < -0.4 is 5.73 Å². The van der Waals surface area contributed by atoms with Crippen molar-refractivity contribution < 1.29 is 0 Å². The van der Waals surface area contributed by atoms with Gasteiger partial charge in [-0.25, -0.2) is 0 Å². The summed E-state index contributed by atoms with van der Waals surface area (Å²) in [5.74, 6) is 0. The van der Waals surface area contributed by atoms with Gasteiger partial charge in [-0.15, -0.1) is 0 Å². The van der Waals surface area contributed by atoms with E-state index in [1.165, 1.54) is 0 Å². The van der Waals surface area contributed by atoms with Crippen LogP contribution in [0.1, 0.15) is 5.56 Å². The Morgan fingerprint density at radius 3 is 2.62 bits per heavy atom. The molecule has 0 fully saturated rings. The number of benzene rings is 1. The van der Waals surface area contributed by atoms with Crippen molar-refractivity contribution in [3.63, 3.8) is 0 Å². The number of hydrogen-bond acceptors (Lipinski definition) is 3. The van der Waals surface area contributed by atoms with Gasteiger partial charge in [0.15, 0.2) is 0 Å². The lowest BCUT2D eigenvalue weighted by atomic mass is 10.1. The number of anilines is 1. The Kier molecular flexibility index (Phi) is 2.84. The van der Waals surface area contributed by atoms with Gasteiger partial charge < -0.3 is 5.73 Å². The third-order valence-corrected chi connectivity index (χ3v) is 2.40. The average molecular weight is 209 g/mol. The predicted molar refractivity (Wildman–Crippen MR) is 63.4 cm³/mol. The van der Waals surface area contributed by atoms with Gasteiger partial charge in [-0.1, -0.05) is 30.3 Å². The zero-order chi connectivity index (χ0) is 11.4. The van der Waals surface area contributed by atoms with Gasteiger partial charge in [-0.3, -0.25) is 4.98 Å². The molecular weight excluding hydrogens is 198 g/mol. The number of nitrogen functional groups attached to an aromatic ring is 1. The minimum Gasteiger partial charge on any atom is -0.397 e. The van der Waals surface area contributed by atoms with Gasteiger partial charge >= 0.3 is 0 Å². The zero-order valence-corrected chi connectivity index (χ0v) is 8.72. The molecule has 1 aromatic carbocycles. The van der Waals surface area contributed by atoms with E-state index in [0.29, 0.717) is 12.1 Å². The number of nitrogens with two attached hydrogens (primary N) is 1. The highest BCUT2D eigenvalue weighted by Gasteiger charge is 2.07. The molecule has 0 bridgehead atoms. The Labute approximate surface area is 94.2 Å². The molecule has 1 heterocycles. The lowest BCUT2D eigenvalue weighted by Crippen LogP contribution is -1.98. The van der Waals surface area contributed by atoms with E-state index in [1.807, 2.05) is 30.3 Å². The van der Waals surface area contributed by atoms with Crippen LogP contribution in [-0.2, 0) is 6.42 Å². The molecule has 78 valence electrons. The maximum atomic E-state index is 8.68. The molecule has 2 aromatic rings. The fourth-order valence-corrected chi connectivity index (χ4v) is 1.58. The number of nitrogens with zero attached hydrogens (tertiary/aromatic N) is 2. The summed E-state index contributed by atoms with van der Waals surface area (Å²) in [4.78, 5) is 4.26. The summed E-state index contributed by atoms with van der Waals surface area (Å²) in [7, 11) is 0. The zero-order valence-electron chi connectivity index (χ0n) is 8.72. The van der Waals surface area contributed by atoms with Gasteiger partial charge in [-0.2, -0.15) is 5.26 Å². The first kappa shape index (κ1) is 10.2. The maximum absolute atomic E-state index is 8.68. The first-order valence-electron chi connectivity index (χ1n) is 4.98. The molecule has 2 rings (SSSR count). The van der Waals surface area contributed by atoms with Crippen LogP contribution in [0.15, 0.2) is 42.6 Å². The fourth-order valence-electron chi connectivity index (χ4n) is 1.58. The lowest BCUT2D eigenvalue weighted by molar-refractivity contribution is 1.22. The Hall–Kier alpha value is -2.34. The van der Waals surface area contributed by atoms with Crippen LogP contribution in [-0.4, -0.2) is 4.98 Å². The third kappa shape index (κ3) is 1.86. The van der Waals surface area contributed by atoms with Crippen LogP contribution in [0.3, 0.4) is 0 Å². The molecular formula is C13H11N3. The summed E-state index contributed by atoms with van der Waals surface area (Å²) in [6.45, 7) is 0. The average Bonchev–Trinajstić information content (AvgIpc) is 2.33. The minimum atomic E-state index is 0.314. The molecule has 3 nitrogen and oxygen atoms in total. The van der Waals surface area contributed by atoms with E-state index in [1.54, 1.807) is 12.3 Å². The van der Waals surface area contributed by atoms with E-state index in [9.17, 15) is 0 Å². The van der Waals surface area contributed by atoms with Crippen LogP contribution in [0.4, 0.5) is 5.69 Å². The van der Waals surface area contributed by atoms with E-state index in [-0.39, 0.29) is 0 Å². The second-order valence-electron chi connectivity index (χ2n) is 3.43. The van der Waals surface area contributed by atoms with Gasteiger partial charge in [0, 0.05) is 11.8 Å². The number of pyridine rings is 1. The lowest BCUT2D eigenvalue weighted by Gasteiger charge is -2.07. The first-order chi connectivity index (χ1) is 7.83. The quantitative estimate of drug-likeness (QED) is 0.826. The van der Waals surface area contributed by atoms with Crippen molar-refractivity contribution in [2.75, 3.05) is 5.73 Å². The smallest absolute Gasteiger partial charge is 0.0934 e. The van der Waals surface area contributed by atoms with E-state index < -0.39 is 0 Å². The molecule has 0 aliphatic rings. The second kappa shape index (κ2) is 4.45. The van der Waals surface area contributed by atoms with Crippen molar-refractivity contribution in [3.05, 3.63) is 48.2 Å². The summed E-state index contributed by atoms with van der Waals surface area (Å²) in [6.07, 6.45) is 2.00. The van der Waals surface area contributed by atoms with Crippen molar-refractivity contribution in [3.8, 4) is 17.3 Å². The van der Waals surface area contributed by atoms with E-state index >= 15 is 0 Å². The van der Waals surface area contributed by atoms with Gasteiger partial charge in [0.2, 0.25) is 0 Å². The fraction of sp³-hybridized carbons (Fsp3) is 0.0769. The van der Waals surface area contributed by atoms with Gasteiger partial charge in [0.1, 0.15) is 0 Å². The number of hydrogen-bond donors (Lipinski definition) is 1. The molecule has 16 heavy (non-hydrogen) atoms. The summed E-state index contributed by atoms with van der Waals surface area (Å²) >= 11 is 0. The molecule has 3 heteroatoms. The molecule has 0 amide bonds. The SMILES string of the molecule is N#CCc1ccnc(-c2ccccc2)c1N. The normalized spacial score (nSPS) is 9.69. The summed E-state index contributed by atoms with van der Waals surface area (Å²) in [5.41, 5.74) is 9.13. The highest BCUT2D eigenvalue weighted by molar-refractivity contribution is 5.74. The van der Waals surface area contributed by atoms with Gasteiger partial charge in [0.25, 0.3) is 0 Å². The summed E-state index contributed by atoms with van der Waals surface area (Å²) < 4.78 is 0. The largest absolute Gasteiger partial charge is 0.397 e. The molecule has 0 saturated heterocycles. The Morgan fingerprint density at radius 1 is 1.19 bits per heavy atom. The van der Waals surface area contributed by atoms with Crippen molar-refractivity contribution in [2.45, 2.75) is 6.42 Å². The van der Waals surface area contributed by atoms with E-state index in [4.69, 9.17) is 11.0 Å². The predicted octanol–water partition coefficient (Wildman–Crippen LogP) is 2.40. The molecule has 0 atom stereocenters. The molecule has 0 aliphatic heterocycles. The first-order valence-corrected chi connectivity index (χ1v) is 4.98. The molecule has 2 N–H and O–H groups in total. The number of rotatable bonds is 2. The standard InChI is InChI=1S/C13H11N3/c14-8-6-10-7-9-16-13(12(10)15)11-4-2-1-3-5-11/h1-5,7,9H,6,15H2. The monoisotopic (exact) mass is 209 g/mol. The summed E-state index contributed by atoms with van der Waals surface area (Å²) in [5, 5.41) is 8.68. The molecule has 0 radical (unpaired) electrons. The summed E-state index contributed by atoms with van der Waals surface area (Å²) in [6, 6.07) is 13.6. The molecule has 0 spiro atoms. The van der Waals surface area contributed by atoms with Crippen LogP contribution in [0.25, 0.3) is 11.3 Å². The number of nitriles is 1. The van der Waals surface area contributed by atoms with Crippen LogP contribution in [0.5, 0.6) is 0 Å². The van der Waals surface area contributed by atoms with Crippen LogP contribution in [0.2, 0.25) is 0 Å². The Morgan fingerprint density at radius 2 is 1.94 bits per heavy atom. The molecule has 0 saturated carbocycles. The highest BCUT2D eigenvalue weighted by Crippen LogP contribution is 2.25. The molecule has 1 aromatic heterocycles. The van der Waals surface area contributed by atoms with Gasteiger partial charge in [-0.05, 0) is 11.6 Å². The van der Waals surface area contributed by atoms with Crippen molar-refractivity contribution in [1.29, 1.82) is 5.26 Å². The Balaban J connectivity index is 2.51. The highest BCUT2D eigenvalue weighted by atomic mass is 14.7. The minimum absolute atomic E-state index is 0.314. The topological polar surface area (TPSA) is 62.7 Å². The van der Waals surface area contributed by atoms with Crippen molar-refractivity contribution >= 4 is 5.69 Å². The van der Waals surface area contributed by atoms with Crippen molar-refractivity contribution in [1.82, 2.24) is 4.98 Å². The molecule has 0 unspecified atom stereocenters.